The van der Waals surface area contributed by atoms with Crippen LogP contribution in [0.15, 0.2) is 29.2 Å². The van der Waals surface area contributed by atoms with Crippen molar-refractivity contribution in [3.8, 4) is 5.75 Å². The minimum absolute atomic E-state index is 0.127. The number of ether oxygens (including phenoxy) is 1. The van der Waals surface area contributed by atoms with Crippen LogP contribution in [0.5, 0.6) is 5.75 Å². The van der Waals surface area contributed by atoms with Gasteiger partial charge in [0.1, 0.15) is 5.75 Å². The number of thioether (sulfide) groups is 1. The first kappa shape index (κ1) is 21.1. The zero-order valence-corrected chi connectivity index (χ0v) is 18.7. The van der Waals surface area contributed by atoms with E-state index in [2.05, 4.69) is 23.7 Å². The summed E-state index contributed by atoms with van der Waals surface area (Å²) in [5.41, 5.74) is 6.84. The van der Waals surface area contributed by atoms with E-state index in [0.717, 1.165) is 43.4 Å². The molecule has 1 aromatic heterocycles. The molecule has 158 valence electrons. The Kier molecular flexibility index (Phi) is 6.47. The quantitative estimate of drug-likeness (QED) is 0.663. The maximum Gasteiger partial charge on any atom is 0.255 e. The number of hydrogen-bond donors (Lipinski definition) is 2. The molecular weight excluding hydrogens is 404 g/mol. The van der Waals surface area contributed by atoms with Gasteiger partial charge < -0.3 is 15.5 Å². The molecule has 0 amide bonds. The summed E-state index contributed by atoms with van der Waals surface area (Å²) in [6, 6.07) is 5.76. The van der Waals surface area contributed by atoms with Crippen LogP contribution in [-0.2, 0) is 0 Å². The number of nitrogens with one attached hydrogen (secondary N) is 1. The number of pyridine rings is 1. The largest absolute Gasteiger partial charge is 0.489 e. The second-order valence-corrected chi connectivity index (χ2v) is 10.3. The fourth-order valence-electron chi connectivity index (χ4n) is 5.47. The van der Waals surface area contributed by atoms with Gasteiger partial charge in [-0.25, -0.2) is 0 Å². The summed E-state index contributed by atoms with van der Waals surface area (Å²) in [7, 11) is 0. The van der Waals surface area contributed by atoms with Gasteiger partial charge in [-0.1, -0.05) is 18.5 Å². The van der Waals surface area contributed by atoms with E-state index < -0.39 is 0 Å². The van der Waals surface area contributed by atoms with E-state index in [-0.39, 0.29) is 23.1 Å². The SMILES string of the molecule is CCC(N)C1(C2CCSCC2)CCC(Oc2cc3cc[nH]c(=O)c3cc2Cl)CC1. The van der Waals surface area contributed by atoms with E-state index in [1.54, 1.807) is 12.3 Å². The molecule has 2 heterocycles. The number of rotatable bonds is 5. The molecule has 4 nitrogen and oxygen atoms in total. The molecule has 1 saturated carbocycles. The minimum atomic E-state index is -0.127. The average Bonchev–Trinajstić information content (AvgIpc) is 2.76. The molecule has 1 saturated heterocycles. The smallest absolute Gasteiger partial charge is 0.255 e. The lowest BCUT2D eigenvalue weighted by Gasteiger charge is -2.50. The summed E-state index contributed by atoms with van der Waals surface area (Å²) < 4.78 is 6.34. The van der Waals surface area contributed by atoms with Gasteiger partial charge in [-0.05, 0) is 91.4 Å². The third kappa shape index (κ3) is 4.19. The lowest BCUT2D eigenvalue weighted by molar-refractivity contribution is 0.0102. The van der Waals surface area contributed by atoms with Crippen LogP contribution in [-0.4, -0.2) is 28.6 Å². The molecule has 6 heteroatoms. The van der Waals surface area contributed by atoms with Gasteiger partial charge in [0, 0.05) is 17.6 Å². The van der Waals surface area contributed by atoms with Crippen molar-refractivity contribution in [3.63, 3.8) is 0 Å². The van der Waals surface area contributed by atoms with Crippen LogP contribution in [0.1, 0.15) is 51.9 Å². The van der Waals surface area contributed by atoms with Crippen LogP contribution in [0.3, 0.4) is 0 Å². The number of nitrogens with two attached hydrogens (primary N) is 1. The Morgan fingerprint density at radius 1 is 1.28 bits per heavy atom. The van der Waals surface area contributed by atoms with Gasteiger partial charge in [0.05, 0.1) is 11.1 Å². The maximum atomic E-state index is 12.0. The molecule has 1 aliphatic carbocycles. The zero-order valence-electron chi connectivity index (χ0n) is 17.1. The molecule has 2 fully saturated rings. The van der Waals surface area contributed by atoms with Crippen molar-refractivity contribution in [2.24, 2.45) is 17.1 Å². The molecule has 1 aromatic carbocycles. The fraction of sp³-hybridized carbons (Fsp3) is 0.609. The molecule has 29 heavy (non-hydrogen) atoms. The highest BCUT2D eigenvalue weighted by Crippen LogP contribution is 2.50. The number of H-pyrrole nitrogens is 1. The van der Waals surface area contributed by atoms with Crippen LogP contribution in [0.4, 0.5) is 0 Å². The standard InChI is InChI=1S/C23H31ClN2O2S/c1-2-21(25)23(16-6-11-29-12-7-16)8-3-17(4-9-23)28-20-13-15-5-10-26-22(27)18(15)14-19(20)24/h5,10,13-14,16-17,21H,2-4,6-9,11-12,25H2,1H3,(H,26,27). The summed E-state index contributed by atoms with van der Waals surface area (Å²) in [6.07, 6.45) is 9.75. The summed E-state index contributed by atoms with van der Waals surface area (Å²) in [4.78, 5) is 14.7. The summed E-state index contributed by atoms with van der Waals surface area (Å²) in [5.74, 6) is 3.97. The van der Waals surface area contributed by atoms with Gasteiger partial charge in [-0.3, -0.25) is 4.79 Å². The van der Waals surface area contributed by atoms with E-state index in [1.165, 1.54) is 24.3 Å². The molecule has 0 bridgehead atoms. The lowest BCUT2D eigenvalue weighted by atomic mass is 9.59. The van der Waals surface area contributed by atoms with Crippen molar-refractivity contribution in [1.82, 2.24) is 4.98 Å². The van der Waals surface area contributed by atoms with Crippen molar-refractivity contribution in [2.75, 3.05) is 11.5 Å². The van der Waals surface area contributed by atoms with E-state index in [1.807, 2.05) is 12.1 Å². The lowest BCUT2D eigenvalue weighted by Crippen LogP contribution is -2.51. The molecule has 3 N–H and O–H groups in total. The topological polar surface area (TPSA) is 68.1 Å². The highest BCUT2D eigenvalue weighted by molar-refractivity contribution is 7.99. The summed E-state index contributed by atoms with van der Waals surface area (Å²) in [6.45, 7) is 2.23. The maximum absolute atomic E-state index is 12.0. The molecule has 1 aliphatic heterocycles. The molecular formula is C23H31ClN2O2S. The highest BCUT2D eigenvalue weighted by Gasteiger charge is 2.46. The summed E-state index contributed by atoms with van der Waals surface area (Å²) in [5, 5.41) is 1.95. The van der Waals surface area contributed by atoms with Crippen LogP contribution < -0.4 is 16.0 Å². The van der Waals surface area contributed by atoms with Gasteiger partial charge in [-0.2, -0.15) is 11.8 Å². The van der Waals surface area contributed by atoms with Gasteiger partial charge in [0.15, 0.2) is 0 Å². The van der Waals surface area contributed by atoms with Crippen molar-refractivity contribution >= 4 is 34.1 Å². The molecule has 1 unspecified atom stereocenters. The first-order valence-corrected chi connectivity index (χ1v) is 12.4. The third-order valence-electron chi connectivity index (χ3n) is 7.20. The van der Waals surface area contributed by atoms with E-state index >= 15 is 0 Å². The van der Waals surface area contributed by atoms with Crippen molar-refractivity contribution in [1.29, 1.82) is 0 Å². The number of hydrogen-bond acceptors (Lipinski definition) is 4. The van der Waals surface area contributed by atoms with Gasteiger partial charge in [0.25, 0.3) is 5.56 Å². The third-order valence-corrected chi connectivity index (χ3v) is 8.54. The first-order valence-electron chi connectivity index (χ1n) is 10.8. The second kappa shape index (κ2) is 8.91. The van der Waals surface area contributed by atoms with Gasteiger partial charge >= 0.3 is 0 Å². The fourth-order valence-corrected chi connectivity index (χ4v) is 6.78. The normalized spacial score (nSPS) is 27.1. The first-order chi connectivity index (χ1) is 14.0. The van der Waals surface area contributed by atoms with Gasteiger partial charge in [-0.15, -0.1) is 0 Å². The summed E-state index contributed by atoms with van der Waals surface area (Å²) >= 11 is 8.53. The Balaban J connectivity index is 1.49. The minimum Gasteiger partial charge on any atom is -0.489 e. The molecule has 2 aliphatic rings. The van der Waals surface area contributed by atoms with Crippen molar-refractivity contribution in [3.05, 3.63) is 39.8 Å². The number of fused-ring (bicyclic) bond motifs is 1. The number of halogens is 1. The average molecular weight is 435 g/mol. The molecule has 0 spiro atoms. The number of benzene rings is 1. The molecule has 1 atom stereocenters. The van der Waals surface area contributed by atoms with Crippen LogP contribution in [0, 0.1) is 11.3 Å². The Hall–Kier alpha value is -1.17. The zero-order chi connectivity index (χ0) is 20.4. The molecule has 4 rings (SSSR count). The van der Waals surface area contributed by atoms with Crippen LogP contribution in [0.2, 0.25) is 5.02 Å². The second-order valence-electron chi connectivity index (χ2n) is 8.63. The van der Waals surface area contributed by atoms with Crippen LogP contribution in [0.25, 0.3) is 10.8 Å². The Bertz CT molecular complexity index is 901. The number of aromatic amines is 1. The van der Waals surface area contributed by atoms with Crippen molar-refractivity contribution < 1.29 is 4.74 Å². The van der Waals surface area contributed by atoms with E-state index in [0.29, 0.717) is 16.2 Å². The predicted octanol–water partition coefficient (Wildman–Crippen LogP) is 5.37. The molecule has 2 aromatic rings. The van der Waals surface area contributed by atoms with Crippen molar-refractivity contribution in [2.45, 2.75) is 64.0 Å². The van der Waals surface area contributed by atoms with E-state index in [9.17, 15) is 4.79 Å². The molecule has 0 radical (unpaired) electrons. The highest BCUT2D eigenvalue weighted by atomic mass is 35.5. The van der Waals surface area contributed by atoms with Gasteiger partial charge in [0.2, 0.25) is 0 Å². The monoisotopic (exact) mass is 434 g/mol. The Morgan fingerprint density at radius 3 is 2.69 bits per heavy atom. The number of aromatic nitrogens is 1. The Labute approximate surface area is 181 Å². The van der Waals surface area contributed by atoms with Crippen LogP contribution >= 0.6 is 23.4 Å². The Morgan fingerprint density at radius 2 is 2.00 bits per heavy atom. The predicted molar refractivity (Wildman–Crippen MR) is 123 cm³/mol. The van der Waals surface area contributed by atoms with E-state index in [4.69, 9.17) is 22.1 Å².